The smallest absolute Gasteiger partial charge is 0.257 e. The summed E-state index contributed by atoms with van der Waals surface area (Å²) in [5.74, 6) is -1.09. The third-order valence-electron chi connectivity index (χ3n) is 6.76. The molecule has 6 nitrogen and oxygen atoms in total. The van der Waals surface area contributed by atoms with Gasteiger partial charge in [0.2, 0.25) is 0 Å². The van der Waals surface area contributed by atoms with Crippen LogP contribution >= 0.6 is 0 Å². The van der Waals surface area contributed by atoms with Crippen molar-refractivity contribution >= 4 is 21.8 Å². The van der Waals surface area contributed by atoms with Crippen LogP contribution in [0.25, 0.3) is 44.2 Å². The first-order valence-electron chi connectivity index (χ1n) is 12.3. The van der Waals surface area contributed by atoms with Crippen molar-refractivity contribution in [3.05, 3.63) is 72.4 Å². The number of alkyl halides is 2. The number of nitrogens with zero attached hydrogens (tertiary/aromatic N) is 2. The lowest BCUT2D eigenvalue weighted by molar-refractivity contribution is 0.0223. The summed E-state index contributed by atoms with van der Waals surface area (Å²) in [6, 6.07) is 19.3. The molecule has 0 spiro atoms. The number of rotatable bonds is 7. The molecule has 1 aliphatic rings. The van der Waals surface area contributed by atoms with Gasteiger partial charge in [-0.25, -0.2) is 18.7 Å². The molecular formula is C28H28F2N6. The number of hydrogen-bond acceptors (Lipinski definition) is 4. The van der Waals surface area contributed by atoms with Crippen LogP contribution in [-0.4, -0.2) is 38.9 Å². The Morgan fingerprint density at radius 3 is 2.58 bits per heavy atom. The van der Waals surface area contributed by atoms with Gasteiger partial charge in [0.15, 0.2) is 0 Å². The van der Waals surface area contributed by atoms with Gasteiger partial charge in [0, 0.05) is 12.3 Å². The van der Waals surface area contributed by atoms with Crippen LogP contribution in [0.2, 0.25) is 0 Å². The molecule has 184 valence electrons. The number of aromatic amines is 2. The minimum atomic E-state index is -2.74. The average molecular weight is 487 g/mol. The zero-order valence-electron chi connectivity index (χ0n) is 20.0. The molecule has 6 rings (SSSR count). The lowest BCUT2D eigenvalue weighted by Crippen LogP contribution is -2.29. The molecular weight excluding hydrogens is 458 g/mol. The van der Waals surface area contributed by atoms with Crippen molar-refractivity contribution in [2.75, 3.05) is 13.1 Å². The van der Waals surface area contributed by atoms with Crippen LogP contribution in [0.15, 0.2) is 60.8 Å². The van der Waals surface area contributed by atoms with E-state index in [-0.39, 0.29) is 13.1 Å². The van der Waals surface area contributed by atoms with Crippen molar-refractivity contribution in [2.24, 2.45) is 0 Å². The molecule has 8 heteroatoms. The van der Waals surface area contributed by atoms with Crippen LogP contribution in [0.4, 0.5) is 8.78 Å². The van der Waals surface area contributed by atoms with E-state index in [9.17, 15) is 8.78 Å². The number of aromatic nitrogens is 4. The van der Waals surface area contributed by atoms with Gasteiger partial charge in [0.05, 0.1) is 42.1 Å². The molecule has 5 aromatic rings. The van der Waals surface area contributed by atoms with Crippen LogP contribution in [0, 0.1) is 0 Å². The minimum absolute atomic E-state index is 0.264. The van der Waals surface area contributed by atoms with E-state index >= 15 is 0 Å². The lowest BCUT2D eigenvalue weighted by atomic mass is 9.99. The number of fused-ring (bicyclic) bond motifs is 3. The minimum Gasteiger partial charge on any atom is -0.341 e. The molecule has 0 aliphatic carbocycles. The zero-order valence-corrected chi connectivity index (χ0v) is 20.0. The molecule has 1 aliphatic heterocycles. The molecule has 0 bridgehead atoms. The number of halogens is 2. The molecule has 3 aromatic carbocycles. The second-order valence-electron chi connectivity index (χ2n) is 9.66. The Kier molecular flexibility index (Phi) is 5.78. The summed E-state index contributed by atoms with van der Waals surface area (Å²) in [4.78, 5) is 15.9. The Morgan fingerprint density at radius 2 is 1.81 bits per heavy atom. The number of hydrogen-bond donors (Lipinski definition) is 4. The summed E-state index contributed by atoms with van der Waals surface area (Å²) in [7, 11) is 0. The molecule has 4 N–H and O–H groups in total. The Bertz CT molecular complexity index is 1510. The first-order chi connectivity index (χ1) is 17.4. The maximum Gasteiger partial charge on any atom is 0.257 e. The molecule has 2 aromatic heterocycles. The van der Waals surface area contributed by atoms with Gasteiger partial charge < -0.3 is 20.6 Å². The van der Waals surface area contributed by atoms with Crippen molar-refractivity contribution in [3.63, 3.8) is 0 Å². The van der Waals surface area contributed by atoms with Gasteiger partial charge in [-0.2, -0.15) is 0 Å². The first-order valence-corrected chi connectivity index (χ1v) is 12.3. The van der Waals surface area contributed by atoms with E-state index in [1.54, 1.807) is 6.20 Å². The highest BCUT2D eigenvalue weighted by Crippen LogP contribution is 2.31. The van der Waals surface area contributed by atoms with Gasteiger partial charge in [-0.3, -0.25) is 0 Å². The van der Waals surface area contributed by atoms with E-state index in [0.717, 1.165) is 69.9 Å². The molecule has 1 saturated heterocycles. The van der Waals surface area contributed by atoms with E-state index in [0.29, 0.717) is 11.9 Å². The Hall–Kier alpha value is -3.62. The van der Waals surface area contributed by atoms with Crippen LogP contribution in [0.1, 0.15) is 37.5 Å². The zero-order chi connectivity index (χ0) is 24.7. The molecule has 1 atom stereocenters. The highest BCUT2D eigenvalue weighted by molar-refractivity contribution is 6.05. The summed E-state index contributed by atoms with van der Waals surface area (Å²) >= 11 is 0. The van der Waals surface area contributed by atoms with Crippen molar-refractivity contribution in [2.45, 2.75) is 38.3 Å². The van der Waals surface area contributed by atoms with Crippen molar-refractivity contribution in [1.82, 2.24) is 30.6 Å². The predicted molar refractivity (Wildman–Crippen MR) is 139 cm³/mol. The monoisotopic (exact) mass is 486 g/mol. The van der Waals surface area contributed by atoms with E-state index < -0.39 is 5.92 Å². The first kappa shape index (κ1) is 22.8. The summed E-state index contributed by atoms with van der Waals surface area (Å²) in [5.41, 5.74) is 6.19. The third-order valence-corrected chi connectivity index (χ3v) is 6.76. The summed E-state index contributed by atoms with van der Waals surface area (Å²) in [5, 5.41) is 8.54. The Labute approximate surface area is 207 Å². The predicted octanol–water partition coefficient (Wildman–Crippen LogP) is 5.94. The van der Waals surface area contributed by atoms with Crippen molar-refractivity contribution in [1.29, 1.82) is 0 Å². The number of H-pyrrole nitrogens is 2. The average Bonchev–Trinajstić information content (AvgIpc) is 3.63. The van der Waals surface area contributed by atoms with Gasteiger partial charge in [0.1, 0.15) is 11.6 Å². The molecule has 36 heavy (non-hydrogen) atoms. The summed E-state index contributed by atoms with van der Waals surface area (Å²) in [6.45, 7) is 1.82. The molecule has 3 heterocycles. The van der Waals surface area contributed by atoms with E-state index in [1.807, 2.05) is 12.1 Å². The standard InChI is InChI=1S/C28H28F2N6/c1-28(29,30)16-31-15-25-33-14-24(34-25)18-6-4-17(5-7-18)19-8-10-21-20(13-19)9-11-22-26(21)36-27(35-22)23-3-2-12-32-23/h4-11,13-14,23,31-32H,2-3,12,15-16H2,1H3,(H,33,34)(H,35,36)/t23-/m0/s1. The highest BCUT2D eigenvalue weighted by atomic mass is 19.3. The molecule has 0 saturated carbocycles. The lowest BCUT2D eigenvalue weighted by Gasteiger charge is -2.09. The quantitative estimate of drug-likeness (QED) is 0.229. The van der Waals surface area contributed by atoms with Crippen molar-refractivity contribution in [3.8, 4) is 22.4 Å². The maximum absolute atomic E-state index is 13.0. The Balaban J connectivity index is 1.21. The van der Waals surface area contributed by atoms with Gasteiger partial charge in [-0.05, 0) is 53.6 Å². The van der Waals surface area contributed by atoms with Crippen LogP contribution in [0.5, 0.6) is 0 Å². The second kappa shape index (κ2) is 9.11. The fourth-order valence-electron chi connectivity index (χ4n) is 4.93. The van der Waals surface area contributed by atoms with Crippen molar-refractivity contribution < 1.29 is 8.78 Å². The SMILES string of the molecule is CC(F)(F)CNCc1ncc(-c2ccc(-c3ccc4c(ccc5[nH]c([C@@H]6CCCN6)nc54)c3)cc2)[nH]1. The Morgan fingerprint density at radius 1 is 1.00 bits per heavy atom. The van der Waals surface area contributed by atoms with Gasteiger partial charge in [-0.15, -0.1) is 0 Å². The highest BCUT2D eigenvalue weighted by Gasteiger charge is 2.21. The van der Waals surface area contributed by atoms with Crippen LogP contribution in [-0.2, 0) is 6.54 Å². The van der Waals surface area contributed by atoms with Gasteiger partial charge in [-0.1, -0.05) is 42.5 Å². The van der Waals surface area contributed by atoms with Crippen LogP contribution in [0.3, 0.4) is 0 Å². The third kappa shape index (κ3) is 4.62. The topological polar surface area (TPSA) is 81.4 Å². The molecule has 0 unspecified atom stereocenters. The van der Waals surface area contributed by atoms with Gasteiger partial charge in [0.25, 0.3) is 5.92 Å². The molecule has 0 radical (unpaired) electrons. The van der Waals surface area contributed by atoms with Crippen LogP contribution < -0.4 is 10.6 Å². The summed E-state index contributed by atoms with van der Waals surface area (Å²) in [6.07, 6.45) is 4.03. The second-order valence-corrected chi connectivity index (χ2v) is 9.66. The fourth-order valence-corrected chi connectivity index (χ4v) is 4.93. The number of imidazole rings is 2. The van der Waals surface area contributed by atoms with E-state index in [4.69, 9.17) is 4.98 Å². The van der Waals surface area contributed by atoms with E-state index in [1.165, 1.54) is 6.42 Å². The van der Waals surface area contributed by atoms with E-state index in [2.05, 4.69) is 68.1 Å². The maximum atomic E-state index is 13.0. The number of benzene rings is 3. The molecule has 1 fully saturated rings. The number of nitrogens with one attached hydrogen (secondary N) is 4. The fraction of sp³-hybridized carbons (Fsp3) is 0.286. The largest absolute Gasteiger partial charge is 0.341 e. The summed E-state index contributed by atoms with van der Waals surface area (Å²) < 4.78 is 26.0. The molecule has 0 amide bonds. The normalized spacial score (nSPS) is 16.4. The van der Waals surface area contributed by atoms with Gasteiger partial charge >= 0.3 is 0 Å².